The Hall–Kier alpha value is -6.95. The van der Waals surface area contributed by atoms with Gasteiger partial charge in [-0.25, -0.2) is 19.6 Å². The molecule has 5 aromatic rings. The summed E-state index contributed by atoms with van der Waals surface area (Å²) in [4.78, 5) is 71.4. The molecule has 0 bridgehead atoms. The number of ether oxygens (including phenoxy) is 2. The van der Waals surface area contributed by atoms with Crippen molar-refractivity contribution in [1.29, 1.82) is 5.26 Å². The van der Waals surface area contributed by atoms with Gasteiger partial charge < -0.3 is 35.0 Å². The summed E-state index contributed by atoms with van der Waals surface area (Å²) in [6, 6.07) is 22.3. The molecule has 5 heterocycles. The van der Waals surface area contributed by atoms with Crippen LogP contribution in [-0.2, 0) is 31.9 Å². The van der Waals surface area contributed by atoms with Crippen molar-refractivity contribution in [2.24, 2.45) is 11.8 Å². The summed E-state index contributed by atoms with van der Waals surface area (Å²) in [5.41, 5.74) is 8.54. The molecule has 3 aliphatic heterocycles. The van der Waals surface area contributed by atoms with Gasteiger partial charge in [-0.3, -0.25) is 14.5 Å². The predicted octanol–water partition coefficient (Wildman–Crippen LogP) is 6.23. The molecule has 15 heteroatoms. The summed E-state index contributed by atoms with van der Waals surface area (Å²) in [5, 5.41) is 15.1. The van der Waals surface area contributed by atoms with Crippen LogP contribution in [0.3, 0.4) is 0 Å². The molecule has 0 radical (unpaired) electrons. The number of nitrogens with zero attached hydrogens (tertiary/aromatic N) is 5. The molecule has 15 nitrogen and oxygen atoms in total. The zero-order valence-electron chi connectivity index (χ0n) is 33.2. The van der Waals surface area contributed by atoms with E-state index in [1.807, 2.05) is 68.4 Å². The Bertz CT molecular complexity index is 2430. The van der Waals surface area contributed by atoms with Crippen molar-refractivity contribution in [2.45, 2.75) is 63.7 Å². The van der Waals surface area contributed by atoms with Crippen LogP contribution in [0, 0.1) is 23.2 Å². The Morgan fingerprint density at radius 3 is 1.98 bits per heavy atom. The molecule has 4 N–H and O–H groups in total. The van der Waals surface area contributed by atoms with Gasteiger partial charge in [0.15, 0.2) is 0 Å². The second-order valence-corrected chi connectivity index (χ2v) is 15.5. The Kier molecular flexibility index (Phi) is 10.6. The van der Waals surface area contributed by atoms with E-state index in [0.717, 1.165) is 50.5 Å². The molecular formula is C44H45N9O6. The first-order valence-electron chi connectivity index (χ1n) is 19.7. The summed E-state index contributed by atoms with van der Waals surface area (Å²) in [5.74, 6) is 0.212. The lowest BCUT2D eigenvalue weighted by molar-refractivity contribution is -0.135. The third-order valence-electron chi connectivity index (χ3n) is 11.6. The summed E-state index contributed by atoms with van der Waals surface area (Å²) in [6.07, 6.45) is 4.36. The van der Waals surface area contributed by atoms with Gasteiger partial charge in [0.1, 0.15) is 23.7 Å². The SMILES string of the molecule is COC(=O)N[C@H]1CCc2cccc3c2N(C1=O)[C@H](c1ncc(-c2ccc(-c4ccc(-c5cnc([C@@H]6C[C@H](C#N)CN6C(=O)[C@@H](NC(=O)OC)C(C)C)[nH]5)cc4)cc2)[nH]1)C3. The normalized spacial score (nSPS) is 20.1. The van der Waals surface area contributed by atoms with Crippen molar-refractivity contribution >= 4 is 29.7 Å². The number of benzene rings is 3. The number of H-pyrrole nitrogens is 2. The minimum atomic E-state index is -0.812. The number of aromatic amines is 2. The number of nitrogens with one attached hydrogen (secondary N) is 4. The van der Waals surface area contributed by atoms with Crippen LogP contribution >= 0.6 is 0 Å². The van der Waals surface area contributed by atoms with Crippen LogP contribution in [0.15, 0.2) is 79.1 Å². The van der Waals surface area contributed by atoms with Gasteiger partial charge in [-0.1, -0.05) is 80.6 Å². The Labute approximate surface area is 341 Å². The maximum atomic E-state index is 13.9. The minimum Gasteiger partial charge on any atom is -0.453 e. The van der Waals surface area contributed by atoms with Crippen LogP contribution in [0.2, 0.25) is 0 Å². The number of anilines is 1. The van der Waals surface area contributed by atoms with Gasteiger partial charge >= 0.3 is 12.2 Å². The van der Waals surface area contributed by atoms with E-state index in [9.17, 15) is 24.4 Å². The molecule has 3 aromatic carbocycles. The number of nitriles is 1. The molecule has 8 rings (SSSR count). The highest BCUT2D eigenvalue weighted by Gasteiger charge is 2.44. The number of para-hydroxylation sites is 1. The minimum absolute atomic E-state index is 0.183. The van der Waals surface area contributed by atoms with Crippen molar-refractivity contribution in [2.75, 3.05) is 25.7 Å². The first kappa shape index (κ1) is 38.9. The summed E-state index contributed by atoms with van der Waals surface area (Å²) < 4.78 is 9.55. The Morgan fingerprint density at radius 1 is 0.831 bits per heavy atom. The van der Waals surface area contributed by atoms with E-state index < -0.39 is 30.3 Å². The van der Waals surface area contributed by atoms with E-state index in [1.165, 1.54) is 14.2 Å². The Morgan fingerprint density at radius 2 is 1.41 bits per heavy atom. The van der Waals surface area contributed by atoms with Gasteiger partial charge in [0, 0.05) is 13.0 Å². The number of rotatable bonds is 9. The average Bonchev–Trinajstić information content (AvgIpc) is 4.08. The van der Waals surface area contributed by atoms with E-state index in [4.69, 9.17) is 14.5 Å². The number of carbonyl (C=O) groups is 4. The maximum absolute atomic E-state index is 13.9. The van der Waals surface area contributed by atoms with Crippen molar-refractivity contribution < 1.29 is 28.7 Å². The number of amides is 4. The molecule has 1 fully saturated rings. The first-order chi connectivity index (χ1) is 28.6. The molecule has 0 spiro atoms. The van der Waals surface area contributed by atoms with E-state index >= 15 is 0 Å². The fourth-order valence-corrected chi connectivity index (χ4v) is 8.49. The van der Waals surface area contributed by atoms with Crippen molar-refractivity contribution in [1.82, 2.24) is 35.5 Å². The predicted molar refractivity (Wildman–Crippen MR) is 217 cm³/mol. The number of aryl methyl sites for hydroxylation is 1. The molecule has 302 valence electrons. The number of methoxy groups -OCH3 is 2. The van der Waals surface area contributed by atoms with Crippen LogP contribution in [0.5, 0.6) is 0 Å². The fraction of sp³-hybridized carbons (Fsp3) is 0.341. The fourth-order valence-electron chi connectivity index (χ4n) is 8.49. The summed E-state index contributed by atoms with van der Waals surface area (Å²) in [7, 11) is 2.54. The molecule has 0 unspecified atom stereocenters. The topological polar surface area (TPSA) is 198 Å². The quantitative estimate of drug-likeness (QED) is 0.134. The van der Waals surface area contributed by atoms with Crippen molar-refractivity contribution in [3.8, 4) is 39.7 Å². The highest BCUT2D eigenvalue weighted by molar-refractivity contribution is 6.02. The molecular weight excluding hydrogens is 751 g/mol. The molecule has 1 saturated heterocycles. The van der Waals surface area contributed by atoms with Gasteiger partial charge in [0.05, 0.1) is 67.8 Å². The number of carbonyl (C=O) groups excluding carboxylic acids is 4. The van der Waals surface area contributed by atoms with Crippen LogP contribution in [0.1, 0.15) is 61.5 Å². The Balaban J connectivity index is 0.962. The summed E-state index contributed by atoms with van der Waals surface area (Å²) >= 11 is 0. The van der Waals surface area contributed by atoms with Gasteiger partial charge in [-0.05, 0) is 58.6 Å². The molecule has 0 saturated carbocycles. The standard InChI is InChI=1S/C44H45N9O6/c1-24(2)37(51-44(57)59-4)42(55)52-23-25(20-45)18-35(52)39-46-21-33(48-39)28-12-8-26(9-13-28)27-10-14-29(15-11-27)34-22-47-40(49-34)36-19-31-7-5-6-30-16-17-32(50-43(56)58-3)41(54)53(36)38(30)31/h5-15,21-22,24-25,32,35-37H,16-19,23H2,1-4H3,(H,46,48)(H,47,49)(H,50,56)(H,51,57)/t25-,32+,35+,36+,37+/m1/s1. The average molecular weight is 796 g/mol. The highest BCUT2D eigenvalue weighted by atomic mass is 16.5. The number of likely N-dealkylation sites (tertiary alicyclic amines) is 1. The smallest absolute Gasteiger partial charge is 0.407 e. The van der Waals surface area contributed by atoms with Crippen molar-refractivity contribution in [3.63, 3.8) is 0 Å². The van der Waals surface area contributed by atoms with E-state index in [1.54, 1.807) is 22.2 Å². The summed E-state index contributed by atoms with van der Waals surface area (Å²) in [6.45, 7) is 3.93. The molecule has 4 amide bonds. The molecule has 59 heavy (non-hydrogen) atoms. The number of alkyl carbamates (subject to hydrolysis) is 2. The largest absolute Gasteiger partial charge is 0.453 e. The number of imidazole rings is 2. The third kappa shape index (κ3) is 7.49. The van der Waals surface area contributed by atoms with Crippen LogP contribution in [0.4, 0.5) is 15.3 Å². The van der Waals surface area contributed by atoms with Crippen molar-refractivity contribution in [3.05, 3.63) is 102 Å². The van der Waals surface area contributed by atoms with Crippen LogP contribution in [-0.4, -0.2) is 81.7 Å². The van der Waals surface area contributed by atoms with E-state index in [-0.39, 0.29) is 36.2 Å². The third-order valence-corrected chi connectivity index (χ3v) is 11.6. The van der Waals surface area contributed by atoms with Gasteiger partial charge in [-0.2, -0.15) is 5.26 Å². The first-order valence-corrected chi connectivity index (χ1v) is 19.7. The maximum Gasteiger partial charge on any atom is 0.407 e. The second kappa shape index (κ2) is 16.1. The number of hydrogen-bond acceptors (Lipinski definition) is 9. The zero-order chi connectivity index (χ0) is 41.4. The highest BCUT2D eigenvalue weighted by Crippen LogP contribution is 2.45. The van der Waals surface area contributed by atoms with Crippen LogP contribution < -0.4 is 15.5 Å². The number of hydrogen-bond donors (Lipinski definition) is 4. The molecule has 0 aliphatic carbocycles. The van der Waals surface area contributed by atoms with E-state index in [0.29, 0.717) is 37.3 Å². The molecule has 5 atom stereocenters. The molecule has 3 aliphatic rings. The number of aromatic nitrogens is 4. The van der Waals surface area contributed by atoms with E-state index in [2.05, 4.69) is 43.8 Å². The van der Waals surface area contributed by atoms with Crippen LogP contribution in [0.25, 0.3) is 33.6 Å². The second-order valence-electron chi connectivity index (χ2n) is 15.5. The van der Waals surface area contributed by atoms with Gasteiger partial charge in [-0.15, -0.1) is 0 Å². The lowest BCUT2D eigenvalue weighted by atomic mass is 10.0. The molecule has 2 aromatic heterocycles. The lowest BCUT2D eigenvalue weighted by Crippen LogP contribution is -2.51. The monoisotopic (exact) mass is 795 g/mol. The van der Waals surface area contributed by atoms with Gasteiger partial charge in [0.2, 0.25) is 11.8 Å². The zero-order valence-corrected chi connectivity index (χ0v) is 33.2. The lowest BCUT2D eigenvalue weighted by Gasteiger charge is -2.29. The van der Waals surface area contributed by atoms with Gasteiger partial charge in [0.25, 0.3) is 0 Å².